The Morgan fingerprint density at radius 2 is 1.94 bits per heavy atom. The molecule has 0 spiro atoms. The molecule has 1 fully saturated rings. The van der Waals surface area contributed by atoms with Gasteiger partial charge in [-0.05, 0) is 47.7 Å². The van der Waals surface area contributed by atoms with Gasteiger partial charge in [-0.15, -0.1) is 11.3 Å². The van der Waals surface area contributed by atoms with Crippen LogP contribution in [-0.2, 0) is 22.6 Å². The maximum absolute atomic E-state index is 13.1. The SMILES string of the molecule is CC1Cc2cc(/C(O)=C3\C(=O)C(=O)N(Cc4ccccc4)C3c3cccs3)ccc2O1. The fraction of sp³-hybridized carbons (Fsp3) is 0.200. The Hall–Kier alpha value is -3.38. The zero-order chi connectivity index (χ0) is 21.5. The number of Topliss-reactive ketones (excluding diaryl/α,β-unsaturated/α-hetero) is 1. The molecule has 2 aliphatic rings. The normalized spacial score (nSPS) is 21.9. The van der Waals surface area contributed by atoms with Crippen molar-refractivity contribution >= 4 is 28.8 Å². The standard InChI is InChI=1S/C25H21NO4S/c1-15-12-18-13-17(9-10-19(18)30-15)23(27)21-22(20-8-5-11-31-20)26(25(29)24(21)28)14-16-6-3-2-4-7-16/h2-11,13,15,22,27H,12,14H2,1H3/b23-21+. The summed E-state index contributed by atoms with van der Waals surface area (Å²) in [5.41, 5.74) is 2.57. The van der Waals surface area contributed by atoms with Gasteiger partial charge in [-0.2, -0.15) is 0 Å². The minimum absolute atomic E-state index is 0.0787. The molecule has 1 saturated heterocycles. The number of fused-ring (bicyclic) bond motifs is 1. The molecular formula is C25H21NO4S. The number of aliphatic hydroxyl groups is 1. The van der Waals surface area contributed by atoms with Gasteiger partial charge in [0.15, 0.2) is 0 Å². The van der Waals surface area contributed by atoms with Gasteiger partial charge in [0.25, 0.3) is 11.7 Å². The molecule has 3 aromatic rings. The Kier molecular flexibility index (Phi) is 4.87. The summed E-state index contributed by atoms with van der Waals surface area (Å²) < 4.78 is 5.74. The smallest absolute Gasteiger partial charge is 0.295 e. The van der Waals surface area contributed by atoms with E-state index >= 15 is 0 Å². The summed E-state index contributed by atoms with van der Waals surface area (Å²) in [4.78, 5) is 28.5. The highest BCUT2D eigenvalue weighted by Crippen LogP contribution is 2.42. The minimum Gasteiger partial charge on any atom is -0.507 e. The number of hydrogen-bond acceptors (Lipinski definition) is 5. The Balaban J connectivity index is 1.60. The lowest BCUT2D eigenvalue weighted by atomic mass is 9.98. The monoisotopic (exact) mass is 431 g/mol. The van der Waals surface area contributed by atoms with E-state index in [1.165, 1.54) is 11.3 Å². The van der Waals surface area contributed by atoms with Crippen LogP contribution in [0.4, 0.5) is 0 Å². The van der Waals surface area contributed by atoms with Crippen LogP contribution < -0.4 is 4.74 Å². The van der Waals surface area contributed by atoms with Crippen molar-refractivity contribution < 1.29 is 19.4 Å². The molecule has 5 rings (SSSR count). The molecule has 2 unspecified atom stereocenters. The van der Waals surface area contributed by atoms with Crippen molar-refractivity contribution in [2.24, 2.45) is 0 Å². The van der Waals surface area contributed by atoms with Gasteiger partial charge in [0, 0.05) is 23.4 Å². The van der Waals surface area contributed by atoms with Crippen molar-refractivity contribution in [1.82, 2.24) is 4.90 Å². The van der Waals surface area contributed by atoms with Crippen LogP contribution in [0.2, 0.25) is 0 Å². The Labute approximate surface area is 184 Å². The predicted octanol–water partition coefficient (Wildman–Crippen LogP) is 4.69. The molecule has 156 valence electrons. The molecule has 2 atom stereocenters. The van der Waals surface area contributed by atoms with Gasteiger partial charge in [-0.3, -0.25) is 9.59 Å². The topological polar surface area (TPSA) is 66.8 Å². The van der Waals surface area contributed by atoms with Gasteiger partial charge in [-0.1, -0.05) is 36.4 Å². The van der Waals surface area contributed by atoms with Crippen molar-refractivity contribution in [3.8, 4) is 5.75 Å². The van der Waals surface area contributed by atoms with Gasteiger partial charge in [0.1, 0.15) is 17.6 Å². The Morgan fingerprint density at radius 1 is 1.13 bits per heavy atom. The van der Waals surface area contributed by atoms with E-state index in [0.29, 0.717) is 12.1 Å². The fourth-order valence-corrected chi connectivity index (χ4v) is 5.14. The number of hydrogen-bond donors (Lipinski definition) is 1. The Morgan fingerprint density at radius 3 is 2.68 bits per heavy atom. The second-order valence-electron chi connectivity index (χ2n) is 7.88. The fourth-order valence-electron chi connectivity index (χ4n) is 4.29. The van der Waals surface area contributed by atoms with Crippen LogP contribution in [0.3, 0.4) is 0 Å². The van der Waals surface area contributed by atoms with E-state index in [-0.39, 0.29) is 17.4 Å². The van der Waals surface area contributed by atoms with Crippen LogP contribution in [0.25, 0.3) is 5.76 Å². The molecule has 2 aromatic carbocycles. The van der Waals surface area contributed by atoms with Crippen LogP contribution in [0.1, 0.15) is 34.5 Å². The van der Waals surface area contributed by atoms with Crippen molar-refractivity contribution in [3.63, 3.8) is 0 Å². The molecular weight excluding hydrogens is 410 g/mol. The molecule has 0 aliphatic carbocycles. The van der Waals surface area contributed by atoms with Gasteiger partial charge in [0.2, 0.25) is 0 Å². The zero-order valence-electron chi connectivity index (χ0n) is 16.9. The van der Waals surface area contributed by atoms with Gasteiger partial charge in [0.05, 0.1) is 11.6 Å². The third-order valence-electron chi connectivity index (χ3n) is 5.72. The number of thiophene rings is 1. The van der Waals surface area contributed by atoms with E-state index < -0.39 is 17.7 Å². The summed E-state index contributed by atoms with van der Waals surface area (Å²) in [6.45, 7) is 2.28. The first-order chi connectivity index (χ1) is 15.0. The number of carbonyl (C=O) groups excluding carboxylic acids is 2. The average Bonchev–Trinajstić information content (AvgIpc) is 3.48. The number of rotatable bonds is 4. The molecule has 0 radical (unpaired) electrons. The summed E-state index contributed by atoms with van der Waals surface area (Å²) in [6.07, 6.45) is 0.822. The molecule has 31 heavy (non-hydrogen) atoms. The van der Waals surface area contributed by atoms with Crippen molar-refractivity contribution in [1.29, 1.82) is 0 Å². The highest BCUT2D eigenvalue weighted by molar-refractivity contribution is 7.10. The number of ether oxygens (including phenoxy) is 1. The summed E-state index contributed by atoms with van der Waals surface area (Å²) in [5, 5.41) is 13.1. The highest BCUT2D eigenvalue weighted by atomic mass is 32.1. The van der Waals surface area contributed by atoms with E-state index in [0.717, 1.165) is 28.2 Å². The summed E-state index contributed by atoms with van der Waals surface area (Å²) in [5.74, 6) is -0.600. The maximum Gasteiger partial charge on any atom is 0.295 e. The van der Waals surface area contributed by atoms with Gasteiger partial charge >= 0.3 is 0 Å². The summed E-state index contributed by atoms with van der Waals surface area (Å²) in [7, 11) is 0. The molecule has 3 heterocycles. The molecule has 6 heteroatoms. The number of amides is 1. The van der Waals surface area contributed by atoms with Crippen molar-refractivity contribution in [3.05, 3.63) is 93.2 Å². The van der Waals surface area contributed by atoms with Gasteiger partial charge in [-0.25, -0.2) is 0 Å². The van der Waals surface area contributed by atoms with E-state index in [4.69, 9.17) is 4.74 Å². The number of carbonyl (C=O) groups is 2. The number of aliphatic hydroxyl groups excluding tert-OH is 1. The number of nitrogens with zero attached hydrogens (tertiary/aromatic N) is 1. The highest BCUT2D eigenvalue weighted by Gasteiger charge is 2.46. The number of ketones is 1. The first-order valence-corrected chi connectivity index (χ1v) is 11.1. The van der Waals surface area contributed by atoms with Crippen LogP contribution in [-0.4, -0.2) is 27.8 Å². The third kappa shape index (κ3) is 3.43. The molecule has 0 bridgehead atoms. The third-order valence-corrected chi connectivity index (χ3v) is 6.64. The van der Waals surface area contributed by atoms with Crippen molar-refractivity contribution in [2.45, 2.75) is 32.0 Å². The molecule has 2 aliphatic heterocycles. The molecule has 5 nitrogen and oxygen atoms in total. The van der Waals surface area contributed by atoms with Crippen LogP contribution >= 0.6 is 11.3 Å². The lowest BCUT2D eigenvalue weighted by Gasteiger charge is -2.24. The van der Waals surface area contributed by atoms with E-state index in [9.17, 15) is 14.7 Å². The van der Waals surface area contributed by atoms with Crippen LogP contribution in [0, 0.1) is 0 Å². The number of likely N-dealkylation sites (tertiary alicyclic amines) is 1. The predicted molar refractivity (Wildman–Crippen MR) is 119 cm³/mol. The summed E-state index contributed by atoms with van der Waals surface area (Å²) >= 11 is 1.46. The number of benzene rings is 2. The van der Waals surface area contributed by atoms with Crippen LogP contribution in [0.15, 0.2) is 71.6 Å². The summed E-state index contributed by atoms with van der Waals surface area (Å²) in [6, 6.07) is 18.1. The first kappa shape index (κ1) is 19.6. The minimum atomic E-state index is -0.656. The van der Waals surface area contributed by atoms with Gasteiger partial charge < -0.3 is 14.7 Å². The lowest BCUT2D eigenvalue weighted by molar-refractivity contribution is -0.140. The van der Waals surface area contributed by atoms with E-state index in [1.807, 2.05) is 66.9 Å². The van der Waals surface area contributed by atoms with E-state index in [2.05, 4.69) is 0 Å². The zero-order valence-corrected chi connectivity index (χ0v) is 17.8. The lowest BCUT2D eigenvalue weighted by Crippen LogP contribution is -2.28. The molecule has 0 saturated carbocycles. The quantitative estimate of drug-likeness (QED) is 0.370. The molecule has 1 aromatic heterocycles. The van der Waals surface area contributed by atoms with Crippen molar-refractivity contribution in [2.75, 3.05) is 0 Å². The second-order valence-corrected chi connectivity index (χ2v) is 8.86. The maximum atomic E-state index is 13.1. The van der Waals surface area contributed by atoms with Crippen LogP contribution in [0.5, 0.6) is 5.75 Å². The Bertz CT molecular complexity index is 1180. The average molecular weight is 432 g/mol. The molecule has 1 N–H and O–H groups in total. The largest absolute Gasteiger partial charge is 0.507 e. The van der Waals surface area contributed by atoms with E-state index in [1.54, 1.807) is 11.0 Å². The first-order valence-electron chi connectivity index (χ1n) is 10.2. The molecule has 1 amide bonds. The second kappa shape index (κ2) is 7.71.